The van der Waals surface area contributed by atoms with Gasteiger partial charge in [0.25, 0.3) is 5.91 Å². The lowest BCUT2D eigenvalue weighted by molar-refractivity contribution is 0.0854. The van der Waals surface area contributed by atoms with Crippen molar-refractivity contribution in [2.75, 3.05) is 54.1 Å². The summed E-state index contributed by atoms with van der Waals surface area (Å²) in [4.78, 5) is 18.5. The Morgan fingerprint density at radius 2 is 1.35 bits per heavy atom. The number of rotatable bonds is 15. The number of hydrogen-bond donors (Lipinski definition) is 2. The first-order chi connectivity index (χ1) is 24.8. The van der Waals surface area contributed by atoms with Gasteiger partial charge in [-0.25, -0.2) is 0 Å². The number of amides is 1. The average molecular weight is 718 g/mol. The van der Waals surface area contributed by atoms with Crippen molar-refractivity contribution in [2.45, 2.75) is 31.5 Å². The number of nitrogens with zero attached hydrogens (tertiary/aromatic N) is 1. The number of anilines is 1. The first-order valence-electron chi connectivity index (χ1n) is 16.4. The highest BCUT2D eigenvalue weighted by Crippen LogP contribution is 2.41. The number of oxime groups is 1. The largest absolute Gasteiger partial charge is 0.493 e. The molecule has 2 atom stereocenters. The molecule has 1 amide bonds. The summed E-state index contributed by atoms with van der Waals surface area (Å²) in [5, 5.41) is 11.2. The smallest absolute Gasteiger partial charge is 0.255 e. The number of benzene rings is 4. The third-order valence-corrected chi connectivity index (χ3v) is 8.84. The van der Waals surface area contributed by atoms with Crippen LogP contribution in [0.25, 0.3) is 0 Å². The van der Waals surface area contributed by atoms with Crippen molar-refractivity contribution in [3.8, 4) is 40.2 Å². The highest BCUT2D eigenvalue weighted by atomic mass is 35.5. The summed E-state index contributed by atoms with van der Waals surface area (Å²) in [6.45, 7) is 0.914. The van der Waals surface area contributed by atoms with E-state index in [-0.39, 0.29) is 12.0 Å². The Labute approximate surface area is 301 Å². The summed E-state index contributed by atoms with van der Waals surface area (Å²) in [6.07, 6.45) is 1.29. The van der Waals surface area contributed by atoms with Gasteiger partial charge in [-0.05, 0) is 78.6 Å². The van der Waals surface area contributed by atoms with E-state index in [4.69, 9.17) is 49.6 Å². The van der Waals surface area contributed by atoms with E-state index >= 15 is 0 Å². The van der Waals surface area contributed by atoms with Crippen LogP contribution in [0.4, 0.5) is 5.69 Å². The molecule has 4 aromatic rings. The van der Waals surface area contributed by atoms with Crippen molar-refractivity contribution in [1.82, 2.24) is 5.32 Å². The molecular weight excluding hydrogens is 678 g/mol. The lowest BCUT2D eigenvalue weighted by atomic mass is 9.99. The lowest BCUT2D eigenvalue weighted by Crippen LogP contribution is -2.38. The molecule has 0 fully saturated rings. The van der Waals surface area contributed by atoms with Gasteiger partial charge in [0.1, 0.15) is 6.17 Å². The summed E-state index contributed by atoms with van der Waals surface area (Å²) in [5.41, 5.74) is 4.53. The second-order valence-corrected chi connectivity index (χ2v) is 12.2. The van der Waals surface area contributed by atoms with E-state index in [1.807, 2.05) is 48.5 Å². The van der Waals surface area contributed by atoms with Crippen LogP contribution in [0.3, 0.4) is 0 Å². The SMILES string of the molecule is COc1cc(C2NC(=O)c3cc(Cl)ccc3N2)ccc1OCCCCOc1cc(C2CC(c3cc(OC)c(OC)c(OC)c3)=NO2)ccc1OC. The summed E-state index contributed by atoms with van der Waals surface area (Å²) in [6, 6.07) is 20.2. The van der Waals surface area contributed by atoms with Crippen LogP contribution in [0.2, 0.25) is 5.02 Å². The average Bonchev–Trinajstić information content (AvgIpc) is 3.66. The summed E-state index contributed by atoms with van der Waals surface area (Å²) in [7, 11) is 7.92. The standard InChI is InChI=1S/C38H40ClN3O9/c1-44-29-12-8-22(31-21-28(42-51-31)24-18-34(46-3)36(48-5)35(19-24)47-4)16-33(29)50-15-7-6-14-49-30-13-9-23(17-32(30)45-2)37-40-27-11-10-25(39)20-26(27)38(43)41-37/h8-13,16-20,31,37,40H,6-7,14-15,21H2,1-5H3,(H,41,43). The van der Waals surface area contributed by atoms with Crippen molar-refractivity contribution < 1.29 is 42.8 Å². The Hall–Kier alpha value is -5.49. The zero-order valence-corrected chi connectivity index (χ0v) is 29.8. The second-order valence-electron chi connectivity index (χ2n) is 11.7. The fraction of sp³-hybridized carbons (Fsp3) is 0.316. The van der Waals surface area contributed by atoms with Crippen molar-refractivity contribution in [3.05, 3.63) is 94.0 Å². The zero-order valence-electron chi connectivity index (χ0n) is 29.0. The Kier molecular flexibility index (Phi) is 11.1. The Morgan fingerprint density at radius 1 is 0.706 bits per heavy atom. The van der Waals surface area contributed by atoms with Crippen LogP contribution in [0, 0.1) is 0 Å². The molecule has 13 heteroatoms. The van der Waals surface area contributed by atoms with Gasteiger partial charge < -0.3 is 48.6 Å². The summed E-state index contributed by atoms with van der Waals surface area (Å²) in [5.74, 6) is 3.81. The number of fused-ring (bicyclic) bond motifs is 1. The van der Waals surface area contributed by atoms with Gasteiger partial charge in [-0.15, -0.1) is 0 Å². The maximum absolute atomic E-state index is 12.7. The molecule has 268 valence electrons. The first kappa shape index (κ1) is 35.3. The van der Waals surface area contributed by atoms with Crippen LogP contribution in [0.1, 0.15) is 58.6 Å². The number of unbranched alkanes of at least 4 members (excludes halogenated alkanes) is 1. The van der Waals surface area contributed by atoms with Crippen LogP contribution in [-0.4, -0.2) is 60.4 Å². The maximum atomic E-state index is 12.7. The predicted octanol–water partition coefficient (Wildman–Crippen LogP) is 7.34. The molecule has 6 rings (SSSR count). The van der Waals surface area contributed by atoms with E-state index in [9.17, 15) is 4.79 Å². The second kappa shape index (κ2) is 16.0. The van der Waals surface area contributed by atoms with Gasteiger partial charge in [0.15, 0.2) is 40.6 Å². The van der Waals surface area contributed by atoms with E-state index < -0.39 is 6.17 Å². The molecule has 2 unspecified atom stereocenters. The predicted molar refractivity (Wildman–Crippen MR) is 193 cm³/mol. The molecule has 0 saturated heterocycles. The highest BCUT2D eigenvalue weighted by Gasteiger charge is 2.28. The topological polar surface area (TPSA) is 127 Å². The van der Waals surface area contributed by atoms with E-state index in [1.54, 1.807) is 53.7 Å². The van der Waals surface area contributed by atoms with Gasteiger partial charge in [0.05, 0.1) is 60.0 Å². The molecule has 0 saturated carbocycles. The molecule has 2 heterocycles. The van der Waals surface area contributed by atoms with Crippen molar-refractivity contribution in [2.24, 2.45) is 5.16 Å². The number of ether oxygens (including phenoxy) is 7. The maximum Gasteiger partial charge on any atom is 0.255 e. The molecule has 2 aliphatic rings. The summed E-state index contributed by atoms with van der Waals surface area (Å²) < 4.78 is 39.8. The molecule has 0 spiro atoms. The molecule has 2 N–H and O–H groups in total. The molecule has 12 nitrogen and oxygen atoms in total. The van der Waals surface area contributed by atoms with Gasteiger partial charge in [-0.1, -0.05) is 28.9 Å². The van der Waals surface area contributed by atoms with E-state index in [2.05, 4.69) is 15.8 Å². The minimum atomic E-state index is -0.432. The molecule has 0 aliphatic carbocycles. The number of methoxy groups -OCH3 is 5. The van der Waals surface area contributed by atoms with Crippen LogP contribution in [0.15, 0.2) is 71.9 Å². The Balaban J connectivity index is 1.01. The number of halogens is 1. The van der Waals surface area contributed by atoms with Gasteiger partial charge in [0.2, 0.25) is 5.75 Å². The zero-order chi connectivity index (χ0) is 35.9. The van der Waals surface area contributed by atoms with Crippen molar-refractivity contribution in [1.29, 1.82) is 0 Å². The van der Waals surface area contributed by atoms with E-state index in [0.717, 1.165) is 35.2 Å². The molecule has 0 aromatic heterocycles. The highest BCUT2D eigenvalue weighted by molar-refractivity contribution is 6.31. The van der Waals surface area contributed by atoms with E-state index in [1.165, 1.54) is 0 Å². The first-order valence-corrected chi connectivity index (χ1v) is 16.7. The third kappa shape index (κ3) is 7.81. The molecule has 0 radical (unpaired) electrons. The number of carbonyl (C=O) groups is 1. The lowest BCUT2D eigenvalue weighted by Gasteiger charge is -2.28. The van der Waals surface area contributed by atoms with Crippen LogP contribution >= 0.6 is 11.6 Å². The minimum Gasteiger partial charge on any atom is -0.493 e. The molecule has 4 aromatic carbocycles. The molecule has 51 heavy (non-hydrogen) atoms. The summed E-state index contributed by atoms with van der Waals surface area (Å²) >= 11 is 6.06. The third-order valence-electron chi connectivity index (χ3n) is 8.60. The molecular formula is C38H40ClN3O9. The quantitative estimate of drug-likeness (QED) is 0.121. The van der Waals surface area contributed by atoms with Crippen LogP contribution < -0.4 is 43.8 Å². The Bertz CT molecular complexity index is 1890. The van der Waals surface area contributed by atoms with Gasteiger partial charge in [-0.3, -0.25) is 4.79 Å². The monoisotopic (exact) mass is 717 g/mol. The fourth-order valence-corrected chi connectivity index (χ4v) is 6.10. The minimum absolute atomic E-state index is 0.204. The number of carbonyl (C=O) groups excluding carboxylic acids is 1. The molecule has 0 bridgehead atoms. The fourth-order valence-electron chi connectivity index (χ4n) is 5.93. The number of nitrogens with one attached hydrogen (secondary N) is 2. The number of hydrogen-bond acceptors (Lipinski definition) is 11. The van der Waals surface area contributed by atoms with Gasteiger partial charge >= 0.3 is 0 Å². The van der Waals surface area contributed by atoms with Gasteiger partial charge in [0, 0.05) is 22.7 Å². The normalized spacial score (nSPS) is 16.1. The van der Waals surface area contributed by atoms with Crippen molar-refractivity contribution >= 4 is 28.9 Å². The van der Waals surface area contributed by atoms with Crippen LogP contribution in [0.5, 0.6) is 40.2 Å². The van der Waals surface area contributed by atoms with Gasteiger partial charge in [-0.2, -0.15) is 0 Å². The van der Waals surface area contributed by atoms with Crippen molar-refractivity contribution in [3.63, 3.8) is 0 Å². The van der Waals surface area contributed by atoms with Crippen LogP contribution in [-0.2, 0) is 4.84 Å². The molecule has 2 aliphatic heterocycles. The van der Waals surface area contributed by atoms with E-state index in [0.29, 0.717) is 76.2 Å². The Morgan fingerprint density at radius 3 is 2.04 bits per heavy atom.